The first-order chi connectivity index (χ1) is 9.69. The minimum absolute atomic E-state index is 0.116. The van der Waals surface area contributed by atoms with Gasteiger partial charge in [-0.1, -0.05) is 51.5 Å². The number of methoxy groups -OCH3 is 1. The van der Waals surface area contributed by atoms with Crippen molar-refractivity contribution in [1.82, 2.24) is 0 Å². The van der Waals surface area contributed by atoms with Crippen molar-refractivity contribution >= 4 is 0 Å². The smallest absolute Gasteiger partial charge is 0.119 e. The summed E-state index contributed by atoms with van der Waals surface area (Å²) in [4.78, 5) is 0. The maximum atomic E-state index is 6.68. The van der Waals surface area contributed by atoms with Gasteiger partial charge in [-0.15, -0.1) is 0 Å². The molecule has 1 aromatic carbocycles. The third-order valence-electron chi connectivity index (χ3n) is 4.67. The molecule has 2 heteroatoms. The summed E-state index contributed by atoms with van der Waals surface area (Å²) in [6.07, 6.45) is 11.3. The Kier molecular flexibility index (Phi) is 5.47. The Balaban J connectivity index is 1.89. The second-order valence-corrected chi connectivity index (χ2v) is 6.20. The molecule has 1 aromatic rings. The maximum Gasteiger partial charge on any atom is 0.119 e. The van der Waals surface area contributed by atoms with E-state index in [0.29, 0.717) is 0 Å². The SMILES string of the molecule is CCCCCCCCC1(N)CCc2ccc(OC)cc21. The number of hydrogen-bond donors (Lipinski definition) is 1. The van der Waals surface area contributed by atoms with Crippen LogP contribution in [0.2, 0.25) is 0 Å². The Bertz CT molecular complexity index is 429. The lowest BCUT2D eigenvalue weighted by Gasteiger charge is -2.26. The lowest BCUT2D eigenvalue weighted by atomic mass is 9.87. The van der Waals surface area contributed by atoms with Crippen LogP contribution < -0.4 is 10.5 Å². The highest BCUT2D eigenvalue weighted by molar-refractivity contribution is 5.43. The first-order valence-corrected chi connectivity index (χ1v) is 8.16. The highest BCUT2D eigenvalue weighted by atomic mass is 16.5. The lowest BCUT2D eigenvalue weighted by Crippen LogP contribution is -2.34. The minimum Gasteiger partial charge on any atom is -0.497 e. The number of aryl methyl sites for hydroxylation is 1. The molecule has 0 spiro atoms. The maximum absolute atomic E-state index is 6.68. The second kappa shape index (κ2) is 7.12. The molecule has 0 radical (unpaired) electrons. The number of rotatable bonds is 8. The molecule has 0 saturated heterocycles. The van der Waals surface area contributed by atoms with E-state index in [4.69, 9.17) is 10.5 Å². The molecule has 20 heavy (non-hydrogen) atoms. The van der Waals surface area contributed by atoms with Gasteiger partial charge in [0.05, 0.1) is 7.11 Å². The molecule has 1 unspecified atom stereocenters. The predicted octanol–water partition coefficient (Wildman–Crippen LogP) is 4.55. The number of nitrogens with two attached hydrogens (primary N) is 1. The standard InChI is InChI=1S/C18H29NO/c1-3-4-5-6-7-8-12-18(19)13-11-15-9-10-16(20-2)14-17(15)18/h9-10,14H,3-8,11-13,19H2,1-2H3. The quantitative estimate of drug-likeness (QED) is 0.707. The summed E-state index contributed by atoms with van der Waals surface area (Å²) in [6.45, 7) is 2.26. The van der Waals surface area contributed by atoms with Crippen molar-refractivity contribution in [2.24, 2.45) is 5.73 Å². The zero-order valence-corrected chi connectivity index (χ0v) is 13.1. The monoisotopic (exact) mass is 275 g/mol. The van der Waals surface area contributed by atoms with Crippen molar-refractivity contribution in [3.05, 3.63) is 29.3 Å². The van der Waals surface area contributed by atoms with Gasteiger partial charge in [-0.3, -0.25) is 0 Å². The topological polar surface area (TPSA) is 35.2 Å². The molecule has 1 aliphatic carbocycles. The van der Waals surface area contributed by atoms with Gasteiger partial charge < -0.3 is 10.5 Å². The van der Waals surface area contributed by atoms with Gasteiger partial charge in [0.2, 0.25) is 0 Å². The molecule has 0 heterocycles. The van der Waals surface area contributed by atoms with Crippen molar-refractivity contribution in [3.8, 4) is 5.75 Å². The average Bonchev–Trinajstić information content (AvgIpc) is 2.80. The first-order valence-electron chi connectivity index (χ1n) is 8.16. The number of ether oxygens (including phenoxy) is 1. The number of unbranched alkanes of at least 4 members (excludes halogenated alkanes) is 5. The second-order valence-electron chi connectivity index (χ2n) is 6.20. The summed E-state index contributed by atoms with van der Waals surface area (Å²) in [7, 11) is 1.72. The van der Waals surface area contributed by atoms with E-state index in [9.17, 15) is 0 Å². The number of hydrogen-bond acceptors (Lipinski definition) is 2. The van der Waals surface area contributed by atoms with E-state index in [1.807, 2.05) is 0 Å². The van der Waals surface area contributed by atoms with Gasteiger partial charge >= 0.3 is 0 Å². The molecule has 0 aromatic heterocycles. The summed E-state index contributed by atoms with van der Waals surface area (Å²) in [5, 5.41) is 0. The average molecular weight is 275 g/mol. The van der Waals surface area contributed by atoms with Crippen LogP contribution in [0.4, 0.5) is 0 Å². The molecule has 0 fully saturated rings. The van der Waals surface area contributed by atoms with Crippen molar-refractivity contribution in [1.29, 1.82) is 0 Å². The van der Waals surface area contributed by atoms with Crippen LogP contribution in [0.5, 0.6) is 5.75 Å². The van der Waals surface area contributed by atoms with E-state index in [2.05, 4.69) is 25.1 Å². The Morgan fingerprint density at radius 3 is 2.65 bits per heavy atom. The van der Waals surface area contributed by atoms with E-state index in [1.54, 1.807) is 7.11 Å². The largest absolute Gasteiger partial charge is 0.497 e. The molecule has 0 bridgehead atoms. The zero-order valence-electron chi connectivity index (χ0n) is 13.1. The van der Waals surface area contributed by atoms with Crippen molar-refractivity contribution in [2.75, 3.05) is 7.11 Å². The molecule has 1 aliphatic rings. The van der Waals surface area contributed by atoms with E-state index in [1.165, 1.54) is 49.7 Å². The Morgan fingerprint density at radius 1 is 1.15 bits per heavy atom. The summed E-state index contributed by atoms with van der Waals surface area (Å²) in [5.41, 5.74) is 9.30. The lowest BCUT2D eigenvalue weighted by molar-refractivity contribution is 0.379. The van der Waals surface area contributed by atoms with Crippen LogP contribution in [-0.4, -0.2) is 7.11 Å². The third-order valence-corrected chi connectivity index (χ3v) is 4.67. The molecule has 2 nitrogen and oxygen atoms in total. The van der Waals surface area contributed by atoms with Gasteiger partial charge in [-0.25, -0.2) is 0 Å². The normalized spacial score (nSPS) is 20.9. The van der Waals surface area contributed by atoms with Crippen molar-refractivity contribution < 1.29 is 4.74 Å². The molecular formula is C18H29NO. The molecule has 0 saturated carbocycles. The number of benzene rings is 1. The predicted molar refractivity (Wildman–Crippen MR) is 85.2 cm³/mol. The number of fused-ring (bicyclic) bond motifs is 1. The van der Waals surface area contributed by atoms with Gasteiger partial charge in [0, 0.05) is 5.54 Å². The van der Waals surface area contributed by atoms with Crippen molar-refractivity contribution in [3.63, 3.8) is 0 Å². The van der Waals surface area contributed by atoms with Crippen LogP contribution in [0.25, 0.3) is 0 Å². The van der Waals surface area contributed by atoms with Gasteiger partial charge in [0.25, 0.3) is 0 Å². The van der Waals surface area contributed by atoms with Gasteiger partial charge in [-0.2, -0.15) is 0 Å². The van der Waals surface area contributed by atoms with Crippen molar-refractivity contribution in [2.45, 2.75) is 70.3 Å². The summed E-state index contributed by atoms with van der Waals surface area (Å²) >= 11 is 0. The Morgan fingerprint density at radius 2 is 1.90 bits per heavy atom. The molecule has 112 valence electrons. The molecule has 0 aliphatic heterocycles. The van der Waals surface area contributed by atoms with Gasteiger partial charge in [0.1, 0.15) is 5.75 Å². The summed E-state index contributed by atoms with van der Waals surface area (Å²) in [5.74, 6) is 0.934. The molecule has 2 N–H and O–H groups in total. The zero-order chi connectivity index (χ0) is 14.4. The molecule has 2 rings (SSSR count). The van der Waals surface area contributed by atoms with Crippen LogP contribution in [0.1, 0.15) is 69.4 Å². The summed E-state index contributed by atoms with van der Waals surface area (Å²) < 4.78 is 5.35. The molecule has 1 atom stereocenters. The van der Waals surface area contributed by atoms with E-state index in [-0.39, 0.29) is 5.54 Å². The van der Waals surface area contributed by atoms with Gasteiger partial charge in [0.15, 0.2) is 0 Å². The van der Waals surface area contributed by atoms with Crippen LogP contribution >= 0.6 is 0 Å². The molecular weight excluding hydrogens is 246 g/mol. The van der Waals surface area contributed by atoms with E-state index >= 15 is 0 Å². The fourth-order valence-electron chi connectivity index (χ4n) is 3.34. The third kappa shape index (κ3) is 3.54. The molecule has 0 amide bonds. The fourth-order valence-corrected chi connectivity index (χ4v) is 3.34. The fraction of sp³-hybridized carbons (Fsp3) is 0.667. The highest BCUT2D eigenvalue weighted by Crippen LogP contribution is 2.40. The summed E-state index contributed by atoms with van der Waals surface area (Å²) in [6, 6.07) is 6.39. The highest BCUT2D eigenvalue weighted by Gasteiger charge is 2.34. The van der Waals surface area contributed by atoms with Crippen LogP contribution in [-0.2, 0) is 12.0 Å². The van der Waals surface area contributed by atoms with E-state index < -0.39 is 0 Å². The van der Waals surface area contributed by atoms with Crippen LogP contribution in [0.3, 0.4) is 0 Å². The minimum atomic E-state index is -0.116. The first kappa shape index (κ1) is 15.4. The van der Waals surface area contributed by atoms with E-state index in [0.717, 1.165) is 25.0 Å². The van der Waals surface area contributed by atoms with Gasteiger partial charge in [-0.05, 0) is 42.5 Å². The van der Waals surface area contributed by atoms with Crippen LogP contribution in [0.15, 0.2) is 18.2 Å². The Hall–Kier alpha value is -1.02. The Labute approximate surface area is 123 Å². The van der Waals surface area contributed by atoms with Crippen LogP contribution in [0, 0.1) is 0 Å².